The quantitative estimate of drug-likeness (QED) is 0.517. The first kappa shape index (κ1) is 17.9. The van der Waals surface area contributed by atoms with Gasteiger partial charge in [-0.1, -0.05) is 42.5 Å². The molecule has 0 amide bonds. The van der Waals surface area contributed by atoms with Crippen molar-refractivity contribution in [1.82, 2.24) is 4.98 Å². The van der Waals surface area contributed by atoms with Crippen LogP contribution in [0.15, 0.2) is 72.4 Å². The Hall–Kier alpha value is -2.43. The molecule has 1 aromatic carbocycles. The zero-order valence-corrected chi connectivity index (χ0v) is 13.2. The molecular weight excluding hydrogens is 313 g/mol. The first-order chi connectivity index (χ1) is 11.5. The summed E-state index contributed by atoms with van der Waals surface area (Å²) in [5, 5.41) is 0. The van der Waals surface area contributed by atoms with E-state index >= 15 is 0 Å². The van der Waals surface area contributed by atoms with Crippen molar-refractivity contribution in [3.63, 3.8) is 0 Å². The van der Waals surface area contributed by atoms with Crippen LogP contribution in [0.4, 0.5) is 13.2 Å². The maximum Gasteiger partial charge on any atom is 0.413 e. The highest BCUT2D eigenvalue weighted by Gasteiger charge is 2.53. The van der Waals surface area contributed by atoms with E-state index in [-0.39, 0.29) is 19.3 Å². The van der Waals surface area contributed by atoms with Crippen LogP contribution < -0.4 is 0 Å². The van der Waals surface area contributed by atoms with E-state index in [1.807, 2.05) is 30.3 Å². The Morgan fingerprint density at radius 2 is 1.75 bits per heavy atom. The third kappa shape index (κ3) is 4.54. The second kappa shape index (κ2) is 7.90. The highest BCUT2D eigenvalue weighted by Crippen LogP contribution is 2.40. The molecule has 0 saturated carbocycles. The first-order valence-electron chi connectivity index (χ1n) is 7.65. The lowest BCUT2D eigenvalue weighted by Crippen LogP contribution is -2.43. The Morgan fingerprint density at radius 1 is 1.04 bits per heavy atom. The molecule has 2 rings (SSSR count). The number of pyridine rings is 1. The van der Waals surface area contributed by atoms with Crippen LogP contribution in [0.3, 0.4) is 0 Å². The van der Waals surface area contributed by atoms with Crippen molar-refractivity contribution in [2.24, 2.45) is 4.99 Å². The predicted octanol–water partition coefficient (Wildman–Crippen LogP) is 5.01. The minimum Gasteiger partial charge on any atom is -0.274 e. The number of alkyl halides is 3. The third-order valence-electron chi connectivity index (χ3n) is 3.81. The van der Waals surface area contributed by atoms with Crippen molar-refractivity contribution < 1.29 is 13.2 Å². The van der Waals surface area contributed by atoms with Gasteiger partial charge in [0.1, 0.15) is 0 Å². The van der Waals surface area contributed by atoms with Gasteiger partial charge in [-0.2, -0.15) is 13.2 Å². The van der Waals surface area contributed by atoms with Crippen LogP contribution in [0.2, 0.25) is 0 Å². The number of halogens is 3. The Morgan fingerprint density at radius 3 is 2.33 bits per heavy atom. The van der Waals surface area contributed by atoms with Gasteiger partial charge in [0, 0.05) is 12.4 Å². The Balaban J connectivity index is 2.29. The SMILES string of the molecule is C=CCC(CCc1ccccc1)(N=Cc1ccccn1)C(F)(F)F. The summed E-state index contributed by atoms with van der Waals surface area (Å²) in [6.07, 6.45) is -0.609. The van der Waals surface area contributed by atoms with E-state index in [0.29, 0.717) is 5.69 Å². The van der Waals surface area contributed by atoms with E-state index < -0.39 is 11.7 Å². The molecule has 0 aliphatic carbocycles. The van der Waals surface area contributed by atoms with Gasteiger partial charge in [0.05, 0.1) is 5.69 Å². The zero-order chi connectivity index (χ0) is 17.5. The van der Waals surface area contributed by atoms with Gasteiger partial charge in [-0.15, -0.1) is 6.58 Å². The van der Waals surface area contributed by atoms with Crippen molar-refractivity contribution in [2.45, 2.75) is 31.0 Å². The van der Waals surface area contributed by atoms with Crippen LogP contribution in [0, 0.1) is 0 Å². The molecule has 126 valence electrons. The van der Waals surface area contributed by atoms with E-state index in [4.69, 9.17) is 0 Å². The molecular formula is C19H19F3N2. The largest absolute Gasteiger partial charge is 0.413 e. The summed E-state index contributed by atoms with van der Waals surface area (Å²) < 4.78 is 41.4. The second-order valence-corrected chi connectivity index (χ2v) is 5.52. The lowest BCUT2D eigenvalue weighted by molar-refractivity contribution is -0.185. The van der Waals surface area contributed by atoms with Crippen LogP contribution in [0.1, 0.15) is 24.1 Å². The highest BCUT2D eigenvalue weighted by atomic mass is 19.4. The number of hydrogen-bond acceptors (Lipinski definition) is 2. The van der Waals surface area contributed by atoms with Crippen molar-refractivity contribution in [1.29, 1.82) is 0 Å². The molecule has 0 fully saturated rings. The lowest BCUT2D eigenvalue weighted by Gasteiger charge is -2.31. The molecule has 0 spiro atoms. The molecule has 0 aliphatic rings. The molecule has 0 saturated heterocycles. The summed E-state index contributed by atoms with van der Waals surface area (Å²) in [5.41, 5.74) is -0.944. The van der Waals surface area contributed by atoms with Gasteiger partial charge in [0.2, 0.25) is 0 Å². The van der Waals surface area contributed by atoms with Gasteiger partial charge in [-0.05, 0) is 37.0 Å². The van der Waals surface area contributed by atoms with Crippen LogP contribution in [0.25, 0.3) is 0 Å². The van der Waals surface area contributed by atoms with Gasteiger partial charge in [0.15, 0.2) is 5.54 Å². The maximum atomic E-state index is 13.8. The fourth-order valence-corrected chi connectivity index (χ4v) is 2.43. The Kier molecular flexibility index (Phi) is 5.90. The summed E-state index contributed by atoms with van der Waals surface area (Å²) in [6.45, 7) is 3.48. The molecule has 1 heterocycles. The summed E-state index contributed by atoms with van der Waals surface area (Å²) in [6, 6.07) is 14.1. The minimum absolute atomic E-state index is 0.143. The van der Waals surface area contributed by atoms with E-state index in [1.165, 1.54) is 18.5 Å². The van der Waals surface area contributed by atoms with Gasteiger partial charge in [-0.25, -0.2) is 0 Å². The minimum atomic E-state index is -4.47. The molecule has 24 heavy (non-hydrogen) atoms. The summed E-state index contributed by atoms with van der Waals surface area (Å²) >= 11 is 0. The van der Waals surface area contributed by atoms with E-state index in [0.717, 1.165) is 5.56 Å². The van der Waals surface area contributed by atoms with Gasteiger partial charge < -0.3 is 0 Å². The molecule has 0 radical (unpaired) electrons. The number of benzene rings is 1. The standard InChI is InChI=1S/C19H19F3N2/c1-2-12-18(19(20,21)22,13-11-16-8-4-3-5-9-16)24-15-17-10-6-7-14-23-17/h2-10,14-15H,1,11-13H2. The lowest BCUT2D eigenvalue weighted by atomic mass is 9.87. The first-order valence-corrected chi connectivity index (χ1v) is 7.65. The topological polar surface area (TPSA) is 25.2 Å². The summed E-state index contributed by atoms with van der Waals surface area (Å²) in [4.78, 5) is 7.92. The number of aliphatic imine (C=N–C) groups is 1. The fraction of sp³-hybridized carbons (Fsp3) is 0.263. The number of hydrogen-bond donors (Lipinski definition) is 0. The average molecular weight is 332 g/mol. The normalized spacial score (nSPS) is 14.5. The molecule has 5 heteroatoms. The van der Waals surface area contributed by atoms with Crippen molar-refractivity contribution in [2.75, 3.05) is 0 Å². The monoisotopic (exact) mass is 332 g/mol. The Labute approximate surface area is 139 Å². The van der Waals surface area contributed by atoms with E-state index in [9.17, 15) is 13.2 Å². The van der Waals surface area contributed by atoms with Gasteiger partial charge >= 0.3 is 6.18 Å². The summed E-state index contributed by atoms with van der Waals surface area (Å²) in [7, 11) is 0. The molecule has 0 bridgehead atoms. The van der Waals surface area contributed by atoms with Crippen molar-refractivity contribution >= 4 is 6.21 Å². The highest BCUT2D eigenvalue weighted by molar-refractivity contribution is 5.77. The van der Waals surface area contributed by atoms with Crippen LogP contribution >= 0.6 is 0 Å². The average Bonchev–Trinajstić information content (AvgIpc) is 2.58. The number of aromatic nitrogens is 1. The molecule has 1 aromatic heterocycles. The molecule has 2 nitrogen and oxygen atoms in total. The molecule has 0 aliphatic heterocycles. The van der Waals surface area contributed by atoms with Crippen LogP contribution in [0.5, 0.6) is 0 Å². The van der Waals surface area contributed by atoms with Crippen LogP contribution in [-0.4, -0.2) is 22.9 Å². The maximum absolute atomic E-state index is 13.8. The van der Waals surface area contributed by atoms with Crippen molar-refractivity contribution in [3.8, 4) is 0 Å². The van der Waals surface area contributed by atoms with E-state index in [2.05, 4.69) is 16.6 Å². The summed E-state index contributed by atoms with van der Waals surface area (Å²) in [5.74, 6) is 0. The van der Waals surface area contributed by atoms with Crippen molar-refractivity contribution in [3.05, 3.63) is 78.6 Å². The number of nitrogens with zero attached hydrogens (tertiary/aromatic N) is 2. The fourth-order valence-electron chi connectivity index (χ4n) is 2.43. The zero-order valence-electron chi connectivity index (χ0n) is 13.2. The number of aryl methyl sites for hydroxylation is 1. The predicted molar refractivity (Wildman–Crippen MR) is 90.2 cm³/mol. The second-order valence-electron chi connectivity index (χ2n) is 5.52. The van der Waals surface area contributed by atoms with Crippen LogP contribution in [-0.2, 0) is 6.42 Å². The molecule has 1 unspecified atom stereocenters. The Bertz CT molecular complexity index is 666. The molecule has 1 atom stereocenters. The molecule has 2 aromatic rings. The van der Waals surface area contributed by atoms with E-state index in [1.54, 1.807) is 18.2 Å². The number of rotatable bonds is 7. The smallest absolute Gasteiger partial charge is 0.274 e. The van der Waals surface area contributed by atoms with Gasteiger partial charge in [-0.3, -0.25) is 9.98 Å². The molecule has 0 N–H and O–H groups in total. The third-order valence-corrected chi connectivity index (χ3v) is 3.81. The van der Waals surface area contributed by atoms with Gasteiger partial charge in [0.25, 0.3) is 0 Å².